The molecule has 0 unspecified atom stereocenters. The molecule has 1 N–H and O–H groups in total. The lowest BCUT2D eigenvalue weighted by molar-refractivity contribution is -0.119. The molecule has 1 aromatic carbocycles. The largest absolute Gasteiger partial charge is 0.354 e. The van der Waals surface area contributed by atoms with Gasteiger partial charge in [-0.2, -0.15) is 11.8 Å². The number of amides is 1. The Balaban J connectivity index is 1.84. The summed E-state index contributed by atoms with van der Waals surface area (Å²) in [4.78, 5) is 12.2. The number of para-hydroxylation sites is 1. The van der Waals surface area contributed by atoms with Gasteiger partial charge in [0.05, 0.1) is 11.9 Å². The minimum Gasteiger partial charge on any atom is -0.354 e. The molecule has 0 aliphatic heterocycles. The zero-order valence-corrected chi connectivity index (χ0v) is 16.7. The highest BCUT2D eigenvalue weighted by Crippen LogP contribution is 2.27. The molecule has 0 heterocycles. The van der Waals surface area contributed by atoms with Crippen LogP contribution in [0.2, 0.25) is 0 Å². The summed E-state index contributed by atoms with van der Waals surface area (Å²) in [6.07, 6.45) is 7.63. The molecular weight excluding hydrogens is 356 g/mol. The van der Waals surface area contributed by atoms with Crippen molar-refractivity contribution >= 4 is 33.4 Å². The number of benzene rings is 1. The van der Waals surface area contributed by atoms with Crippen LogP contribution < -0.4 is 9.62 Å². The summed E-state index contributed by atoms with van der Waals surface area (Å²) in [7, 11) is -3.52. The van der Waals surface area contributed by atoms with Gasteiger partial charge in [0.25, 0.3) is 0 Å². The highest BCUT2D eigenvalue weighted by molar-refractivity contribution is 7.99. The van der Waals surface area contributed by atoms with E-state index in [0.29, 0.717) is 17.5 Å². The number of nitrogens with one attached hydrogen (secondary N) is 1. The average molecular weight is 385 g/mol. The van der Waals surface area contributed by atoms with Crippen molar-refractivity contribution in [1.29, 1.82) is 0 Å². The molecule has 5 nitrogen and oxygen atoms in total. The quantitative estimate of drug-likeness (QED) is 0.700. The second kappa shape index (κ2) is 9.48. The maximum atomic E-state index is 12.2. The Bertz CT molecular complexity index is 671. The van der Waals surface area contributed by atoms with Crippen molar-refractivity contribution < 1.29 is 13.2 Å². The number of nitrogens with zero attached hydrogens (tertiary/aromatic N) is 1. The summed E-state index contributed by atoms with van der Waals surface area (Å²) in [5, 5.41) is 3.56. The Morgan fingerprint density at radius 3 is 2.56 bits per heavy atom. The number of rotatable bonds is 8. The predicted molar refractivity (Wildman–Crippen MR) is 106 cm³/mol. The highest BCUT2D eigenvalue weighted by atomic mass is 32.2. The van der Waals surface area contributed by atoms with E-state index in [-0.39, 0.29) is 12.5 Å². The van der Waals surface area contributed by atoms with Gasteiger partial charge in [-0.15, -0.1) is 0 Å². The molecule has 1 aliphatic rings. The van der Waals surface area contributed by atoms with Crippen LogP contribution in [-0.4, -0.2) is 44.7 Å². The first-order valence-electron chi connectivity index (χ1n) is 8.79. The Morgan fingerprint density at radius 2 is 1.92 bits per heavy atom. The first-order valence-corrected chi connectivity index (χ1v) is 11.7. The van der Waals surface area contributed by atoms with Gasteiger partial charge in [-0.1, -0.05) is 37.5 Å². The van der Waals surface area contributed by atoms with Crippen LogP contribution in [0.3, 0.4) is 0 Å². The lowest BCUT2D eigenvalue weighted by atomic mass is 10.0. The topological polar surface area (TPSA) is 66.5 Å². The molecule has 1 aromatic rings. The van der Waals surface area contributed by atoms with Crippen molar-refractivity contribution in [2.24, 2.45) is 0 Å². The Kier molecular flexibility index (Phi) is 7.62. The molecule has 0 radical (unpaired) electrons. The molecular formula is C18H28N2O3S2. The van der Waals surface area contributed by atoms with Gasteiger partial charge in [-0.25, -0.2) is 8.42 Å². The van der Waals surface area contributed by atoms with Crippen molar-refractivity contribution in [3.8, 4) is 0 Å². The number of hydrogen-bond acceptors (Lipinski definition) is 4. The summed E-state index contributed by atoms with van der Waals surface area (Å²) < 4.78 is 25.4. The standard InChI is InChI=1S/C18H28N2O3S2/c1-15-8-6-7-11-17(15)20(25(2,22)23)14-18(21)19-12-13-24-16-9-4-3-5-10-16/h6-8,11,16H,3-5,9-10,12-14H2,1-2H3,(H,19,21). The van der Waals surface area contributed by atoms with Crippen LogP contribution in [0.15, 0.2) is 24.3 Å². The van der Waals surface area contributed by atoms with E-state index in [1.165, 1.54) is 36.4 Å². The molecule has 0 aromatic heterocycles. The molecule has 0 atom stereocenters. The summed E-state index contributed by atoms with van der Waals surface area (Å²) in [5.41, 5.74) is 1.38. The van der Waals surface area contributed by atoms with Crippen LogP contribution in [0.4, 0.5) is 5.69 Å². The average Bonchev–Trinajstić information content (AvgIpc) is 2.57. The Hall–Kier alpha value is -1.21. The normalized spacial score (nSPS) is 15.8. The molecule has 2 rings (SSSR count). The van der Waals surface area contributed by atoms with Gasteiger partial charge in [0, 0.05) is 17.5 Å². The van der Waals surface area contributed by atoms with Crippen LogP contribution in [0.5, 0.6) is 0 Å². The van der Waals surface area contributed by atoms with Crippen molar-refractivity contribution in [3.05, 3.63) is 29.8 Å². The van der Waals surface area contributed by atoms with E-state index in [4.69, 9.17) is 0 Å². The number of carbonyl (C=O) groups is 1. The molecule has 7 heteroatoms. The molecule has 140 valence electrons. The monoisotopic (exact) mass is 384 g/mol. The second-order valence-corrected chi connectivity index (χ2v) is 9.85. The van der Waals surface area contributed by atoms with E-state index >= 15 is 0 Å². The number of thioether (sulfide) groups is 1. The third-order valence-corrected chi connectivity index (χ3v) is 6.91. The number of aryl methyl sites for hydroxylation is 1. The van der Waals surface area contributed by atoms with Crippen LogP contribution >= 0.6 is 11.8 Å². The smallest absolute Gasteiger partial charge is 0.240 e. The summed E-state index contributed by atoms with van der Waals surface area (Å²) in [6, 6.07) is 7.19. The van der Waals surface area contributed by atoms with E-state index < -0.39 is 10.0 Å². The molecule has 0 spiro atoms. The summed E-state index contributed by atoms with van der Waals surface area (Å²) in [6.45, 7) is 2.23. The van der Waals surface area contributed by atoms with Crippen LogP contribution in [-0.2, 0) is 14.8 Å². The molecule has 1 amide bonds. The third kappa shape index (κ3) is 6.55. The van der Waals surface area contributed by atoms with E-state index in [0.717, 1.165) is 17.6 Å². The summed E-state index contributed by atoms with van der Waals surface area (Å²) >= 11 is 1.92. The van der Waals surface area contributed by atoms with Gasteiger partial charge in [0.2, 0.25) is 15.9 Å². The van der Waals surface area contributed by atoms with Crippen LogP contribution in [0.25, 0.3) is 0 Å². The first kappa shape index (κ1) is 20.1. The minimum atomic E-state index is -3.52. The number of anilines is 1. The van der Waals surface area contributed by atoms with Crippen molar-refractivity contribution in [1.82, 2.24) is 5.32 Å². The second-order valence-electron chi connectivity index (χ2n) is 6.54. The maximum absolute atomic E-state index is 12.2. The van der Waals surface area contributed by atoms with E-state index in [1.54, 1.807) is 12.1 Å². The van der Waals surface area contributed by atoms with E-state index in [1.807, 2.05) is 30.8 Å². The van der Waals surface area contributed by atoms with Crippen LogP contribution in [0.1, 0.15) is 37.7 Å². The lowest BCUT2D eigenvalue weighted by Crippen LogP contribution is -2.41. The van der Waals surface area contributed by atoms with Crippen molar-refractivity contribution in [3.63, 3.8) is 0 Å². The molecule has 1 aliphatic carbocycles. The zero-order chi connectivity index (χ0) is 18.3. The number of hydrogen-bond donors (Lipinski definition) is 1. The van der Waals surface area contributed by atoms with Gasteiger partial charge in [-0.3, -0.25) is 9.10 Å². The Labute approximate surface area is 155 Å². The summed E-state index contributed by atoms with van der Waals surface area (Å²) in [5.74, 6) is 0.609. The molecule has 0 saturated heterocycles. The predicted octanol–water partition coefficient (Wildman–Crippen LogP) is 2.94. The van der Waals surface area contributed by atoms with E-state index in [9.17, 15) is 13.2 Å². The number of carbonyl (C=O) groups excluding carboxylic acids is 1. The lowest BCUT2D eigenvalue weighted by Gasteiger charge is -2.24. The molecule has 25 heavy (non-hydrogen) atoms. The SMILES string of the molecule is Cc1ccccc1N(CC(=O)NCCSC1CCCCC1)S(C)(=O)=O. The van der Waals surface area contributed by atoms with Crippen molar-refractivity contribution in [2.45, 2.75) is 44.3 Å². The fourth-order valence-electron chi connectivity index (χ4n) is 3.06. The minimum absolute atomic E-state index is 0.183. The molecule has 1 fully saturated rings. The zero-order valence-electron chi connectivity index (χ0n) is 15.0. The fraction of sp³-hybridized carbons (Fsp3) is 0.611. The molecule has 0 bridgehead atoms. The first-order chi connectivity index (χ1) is 11.9. The van der Waals surface area contributed by atoms with Gasteiger partial charge in [0.15, 0.2) is 0 Å². The fourth-order valence-corrected chi connectivity index (χ4v) is 5.19. The highest BCUT2D eigenvalue weighted by Gasteiger charge is 2.22. The van der Waals surface area contributed by atoms with Gasteiger partial charge in [-0.05, 0) is 31.4 Å². The van der Waals surface area contributed by atoms with Crippen molar-refractivity contribution in [2.75, 3.05) is 29.4 Å². The maximum Gasteiger partial charge on any atom is 0.240 e. The van der Waals surface area contributed by atoms with Gasteiger partial charge < -0.3 is 5.32 Å². The Morgan fingerprint density at radius 1 is 1.24 bits per heavy atom. The van der Waals surface area contributed by atoms with Crippen LogP contribution in [0, 0.1) is 6.92 Å². The number of sulfonamides is 1. The van der Waals surface area contributed by atoms with Gasteiger partial charge >= 0.3 is 0 Å². The van der Waals surface area contributed by atoms with E-state index in [2.05, 4.69) is 5.32 Å². The third-order valence-electron chi connectivity index (χ3n) is 4.40. The molecule has 1 saturated carbocycles. The van der Waals surface area contributed by atoms with Gasteiger partial charge in [0.1, 0.15) is 6.54 Å².